The molecule has 18 heavy (non-hydrogen) atoms. The fourth-order valence-corrected chi connectivity index (χ4v) is 2.01. The van der Waals surface area contributed by atoms with E-state index < -0.39 is 11.6 Å². The van der Waals surface area contributed by atoms with Crippen LogP contribution in [0.1, 0.15) is 31.2 Å². The molecule has 0 atom stereocenters. The van der Waals surface area contributed by atoms with Gasteiger partial charge < -0.3 is 11.1 Å². The smallest absolute Gasteiger partial charge is 0.150 e. The summed E-state index contributed by atoms with van der Waals surface area (Å²) in [5, 5.41) is 2.80. The van der Waals surface area contributed by atoms with Gasteiger partial charge in [0.05, 0.1) is 0 Å². The Morgan fingerprint density at radius 2 is 1.94 bits per heavy atom. The van der Waals surface area contributed by atoms with Crippen LogP contribution < -0.4 is 11.1 Å². The number of nitrogens with one attached hydrogen (secondary N) is 1. The van der Waals surface area contributed by atoms with Crippen molar-refractivity contribution in [2.24, 2.45) is 11.7 Å². The van der Waals surface area contributed by atoms with E-state index in [-0.39, 0.29) is 16.2 Å². The minimum absolute atomic E-state index is 0.00640. The Balaban J connectivity index is 1.95. The number of hydrogen-bond acceptors (Lipinski definition) is 2. The van der Waals surface area contributed by atoms with Crippen LogP contribution in [-0.2, 0) is 0 Å². The number of rotatable bonds is 6. The molecule has 5 heteroatoms. The normalized spacial score (nSPS) is 14.6. The van der Waals surface area contributed by atoms with E-state index in [1.54, 1.807) is 0 Å². The Morgan fingerprint density at radius 1 is 1.33 bits per heavy atom. The van der Waals surface area contributed by atoms with Crippen LogP contribution in [0, 0.1) is 17.6 Å². The van der Waals surface area contributed by atoms with Crippen LogP contribution in [0.2, 0.25) is 0 Å². The minimum Gasteiger partial charge on any atom is -0.389 e. The van der Waals surface area contributed by atoms with Gasteiger partial charge in [0.2, 0.25) is 0 Å². The van der Waals surface area contributed by atoms with E-state index in [0.29, 0.717) is 6.54 Å². The Bertz CT molecular complexity index is 435. The largest absolute Gasteiger partial charge is 0.389 e. The monoisotopic (exact) mass is 270 g/mol. The summed E-state index contributed by atoms with van der Waals surface area (Å²) >= 11 is 4.69. The maximum atomic E-state index is 13.7. The molecule has 1 saturated carbocycles. The average molecular weight is 270 g/mol. The molecule has 0 aliphatic heterocycles. The molecule has 1 aromatic rings. The number of anilines is 1. The highest BCUT2D eigenvalue weighted by atomic mass is 32.1. The molecule has 0 amide bonds. The molecule has 98 valence electrons. The molecule has 0 aromatic heterocycles. The van der Waals surface area contributed by atoms with Gasteiger partial charge in [0.15, 0.2) is 0 Å². The van der Waals surface area contributed by atoms with Gasteiger partial charge in [0, 0.05) is 12.1 Å². The van der Waals surface area contributed by atoms with Gasteiger partial charge in [-0.25, -0.2) is 8.78 Å². The van der Waals surface area contributed by atoms with Crippen molar-refractivity contribution in [1.29, 1.82) is 0 Å². The molecule has 2 rings (SSSR count). The molecule has 1 fully saturated rings. The van der Waals surface area contributed by atoms with Crippen molar-refractivity contribution in [2.45, 2.75) is 25.7 Å². The van der Waals surface area contributed by atoms with Crippen LogP contribution in [-0.4, -0.2) is 11.5 Å². The maximum absolute atomic E-state index is 13.7. The molecular formula is C13H16F2N2S. The number of halogens is 2. The van der Waals surface area contributed by atoms with E-state index >= 15 is 0 Å². The Hall–Kier alpha value is -1.23. The van der Waals surface area contributed by atoms with Crippen molar-refractivity contribution in [3.05, 3.63) is 29.3 Å². The predicted octanol–water partition coefficient (Wildman–Crippen LogP) is 3.20. The molecule has 1 aromatic carbocycles. The summed E-state index contributed by atoms with van der Waals surface area (Å²) in [6.45, 7) is 0.580. The standard InChI is InChI=1S/C13H16F2N2S/c14-10-6-9(13(16)18)7-11(15)12(10)17-5-1-2-8-3-4-8/h6-8,17H,1-5H2,(H2,16,18). The van der Waals surface area contributed by atoms with Gasteiger partial charge in [-0.3, -0.25) is 0 Å². The van der Waals surface area contributed by atoms with Crippen molar-refractivity contribution in [1.82, 2.24) is 0 Å². The van der Waals surface area contributed by atoms with E-state index in [4.69, 9.17) is 18.0 Å². The second-order valence-electron chi connectivity index (χ2n) is 4.69. The third-order valence-corrected chi connectivity index (χ3v) is 3.35. The van der Waals surface area contributed by atoms with E-state index in [2.05, 4.69) is 5.32 Å². The predicted molar refractivity (Wildman–Crippen MR) is 72.7 cm³/mol. The Morgan fingerprint density at radius 3 is 2.44 bits per heavy atom. The van der Waals surface area contributed by atoms with Crippen molar-refractivity contribution in [3.63, 3.8) is 0 Å². The van der Waals surface area contributed by atoms with Gasteiger partial charge in [-0.05, 0) is 30.9 Å². The number of nitrogens with two attached hydrogens (primary N) is 1. The van der Waals surface area contributed by atoms with Crippen LogP contribution in [0.3, 0.4) is 0 Å². The highest BCUT2D eigenvalue weighted by Gasteiger charge is 2.20. The van der Waals surface area contributed by atoms with Crippen molar-refractivity contribution in [2.75, 3.05) is 11.9 Å². The molecule has 0 spiro atoms. The van der Waals surface area contributed by atoms with E-state index in [1.807, 2.05) is 0 Å². The number of thiocarbonyl (C=S) groups is 1. The van der Waals surface area contributed by atoms with Gasteiger partial charge in [-0.15, -0.1) is 0 Å². The third kappa shape index (κ3) is 3.38. The molecule has 0 radical (unpaired) electrons. The number of hydrogen-bond donors (Lipinski definition) is 2. The topological polar surface area (TPSA) is 38.0 Å². The zero-order chi connectivity index (χ0) is 13.1. The molecule has 0 heterocycles. The molecule has 1 aliphatic rings. The summed E-state index contributed by atoms with van der Waals surface area (Å²) in [6.07, 6.45) is 4.65. The van der Waals surface area contributed by atoms with Gasteiger partial charge in [-0.2, -0.15) is 0 Å². The van der Waals surface area contributed by atoms with Crippen LogP contribution in [0.25, 0.3) is 0 Å². The van der Waals surface area contributed by atoms with Gasteiger partial charge in [0.25, 0.3) is 0 Å². The summed E-state index contributed by atoms with van der Waals surface area (Å²) in [5.41, 5.74) is 5.46. The van der Waals surface area contributed by atoms with E-state index in [1.165, 1.54) is 12.8 Å². The lowest BCUT2D eigenvalue weighted by molar-refractivity contribution is 0.585. The SMILES string of the molecule is NC(=S)c1cc(F)c(NCCCC2CC2)c(F)c1. The van der Waals surface area contributed by atoms with Crippen molar-refractivity contribution < 1.29 is 8.78 Å². The summed E-state index contributed by atoms with van der Waals surface area (Å²) in [4.78, 5) is -0.00640. The van der Waals surface area contributed by atoms with E-state index in [0.717, 1.165) is 30.9 Å². The lowest BCUT2D eigenvalue weighted by atomic mass is 10.1. The van der Waals surface area contributed by atoms with E-state index in [9.17, 15) is 8.78 Å². The zero-order valence-electron chi connectivity index (χ0n) is 10.0. The summed E-state index contributed by atoms with van der Waals surface area (Å²) in [6, 6.07) is 2.32. The average Bonchev–Trinajstić information content (AvgIpc) is 3.10. The van der Waals surface area contributed by atoms with Gasteiger partial charge >= 0.3 is 0 Å². The molecule has 0 saturated heterocycles. The quantitative estimate of drug-likeness (QED) is 0.616. The van der Waals surface area contributed by atoms with Gasteiger partial charge in [-0.1, -0.05) is 25.1 Å². The second-order valence-corrected chi connectivity index (χ2v) is 5.13. The summed E-state index contributed by atoms with van der Waals surface area (Å²) < 4.78 is 27.3. The second kappa shape index (κ2) is 5.61. The molecule has 2 nitrogen and oxygen atoms in total. The molecule has 1 aliphatic carbocycles. The molecular weight excluding hydrogens is 254 g/mol. The molecule has 0 bridgehead atoms. The van der Waals surface area contributed by atoms with Crippen LogP contribution in [0.4, 0.5) is 14.5 Å². The highest BCUT2D eigenvalue weighted by Crippen LogP contribution is 2.33. The fourth-order valence-electron chi connectivity index (χ4n) is 1.89. The van der Waals surface area contributed by atoms with Crippen LogP contribution in [0.5, 0.6) is 0 Å². The Labute approximate surface area is 111 Å². The van der Waals surface area contributed by atoms with Crippen LogP contribution in [0.15, 0.2) is 12.1 Å². The first kappa shape index (κ1) is 13.2. The summed E-state index contributed by atoms with van der Waals surface area (Å²) in [5.74, 6) is -0.466. The molecule has 3 N–H and O–H groups in total. The Kier molecular flexibility index (Phi) is 4.11. The minimum atomic E-state index is -0.649. The zero-order valence-corrected chi connectivity index (χ0v) is 10.8. The fraction of sp³-hybridized carbons (Fsp3) is 0.462. The molecule has 0 unspecified atom stereocenters. The lowest BCUT2D eigenvalue weighted by Gasteiger charge is -2.10. The van der Waals surface area contributed by atoms with Crippen LogP contribution >= 0.6 is 12.2 Å². The lowest BCUT2D eigenvalue weighted by Crippen LogP contribution is -2.12. The first-order valence-corrected chi connectivity index (χ1v) is 6.51. The maximum Gasteiger partial charge on any atom is 0.150 e. The first-order chi connectivity index (χ1) is 8.58. The first-order valence-electron chi connectivity index (χ1n) is 6.10. The summed E-state index contributed by atoms with van der Waals surface area (Å²) in [7, 11) is 0. The third-order valence-electron chi connectivity index (χ3n) is 3.11. The van der Waals surface area contributed by atoms with Crippen molar-refractivity contribution in [3.8, 4) is 0 Å². The number of benzene rings is 1. The highest BCUT2D eigenvalue weighted by molar-refractivity contribution is 7.80. The van der Waals surface area contributed by atoms with Crippen molar-refractivity contribution >= 4 is 22.9 Å². The van der Waals surface area contributed by atoms with Gasteiger partial charge in [0.1, 0.15) is 22.3 Å².